The number of hydrogen-bond donors (Lipinski definition) is 3. The lowest BCUT2D eigenvalue weighted by Gasteiger charge is -2.27. The van der Waals surface area contributed by atoms with Gasteiger partial charge in [-0.15, -0.1) is 0 Å². The first-order valence-electron chi connectivity index (χ1n) is 12.4. The monoisotopic (exact) mass is 540 g/mol. The van der Waals surface area contributed by atoms with E-state index >= 15 is 0 Å². The highest BCUT2D eigenvalue weighted by atomic mass is 35.5. The molecule has 1 fully saturated rings. The molecular weight excluding hydrogens is 512 g/mol. The van der Waals surface area contributed by atoms with Crippen molar-refractivity contribution in [3.8, 4) is 11.5 Å². The fourth-order valence-electron chi connectivity index (χ4n) is 4.64. The predicted octanol–water partition coefficient (Wildman–Crippen LogP) is 6.15. The van der Waals surface area contributed by atoms with Crippen LogP contribution in [0.2, 0.25) is 5.02 Å². The smallest absolute Gasteiger partial charge is 0.412 e. The van der Waals surface area contributed by atoms with Crippen molar-refractivity contribution in [3.63, 3.8) is 0 Å². The topological polar surface area (TPSA) is 144 Å². The predicted molar refractivity (Wildman–Crippen MR) is 141 cm³/mol. The van der Waals surface area contributed by atoms with Gasteiger partial charge in [-0.25, -0.2) is 9.78 Å². The van der Waals surface area contributed by atoms with Gasteiger partial charge < -0.3 is 19.7 Å². The fraction of sp³-hybridized carbons (Fsp3) is 0.370. The number of halogens is 1. The second kappa shape index (κ2) is 11.6. The van der Waals surface area contributed by atoms with Gasteiger partial charge >= 0.3 is 12.1 Å². The number of carbonyl (C=O) groups excluding carboxylic acids is 2. The van der Waals surface area contributed by atoms with Crippen LogP contribution >= 0.6 is 11.6 Å². The van der Waals surface area contributed by atoms with Crippen LogP contribution in [0.3, 0.4) is 0 Å². The van der Waals surface area contributed by atoms with Crippen LogP contribution in [-0.4, -0.2) is 33.2 Å². The molecule has 10 nitrogen and oxygen atoms in total. The molecule has 0 aliphatic heterocycles. The highest BCUT2D eigenvalue weighted by Crippen LogP contribution is 2.34. The molecule has 1 unspecified atom stereocenters. The number of carbonyl (C=O) groups is 3. The molecule has 1 saturated carbocycles. The number of benzene rings is 1. The summed E-state index contributed by atoms with van der Waals surface area (Å²) in [6.07, 6.45) is 1.33. The van der Waals surface area contributed by atoms with Gasteiger partial charge in [-0.1, -0.05) is 47.8 Å². The first kappa shape index (κ1) is 27.1. The van der Waals surface area contributed by atoms with Gasteiger partial charge in [0.1, 0.15) is 23.2 Å². The van der Waals surface area contributed by atoms with Crippen molar-refractivity contribution < 1.29 is 28.8 Å². The molecular formula is C27H29ClN4O6. The number of nitrogens with one attached hydrogen (secondary N) is 2. The summed E-state index contributed by atoms with van der Waals surface area (Å²) in [4.78, 5) is 41.6. The van der Waals surface area contributed by atoms with Crippen LogP contribution in [0.4, 0.5) is 16.2 Å². The number of anilines is 2. The van der Waals surface area contributed by atoms with Crippen molar-refractivity contribution >= 4 is 40.9 Å². The van der Waals surface area contributed by atoms with Gasteiger partial charge in [-0.2, -0.15) is 0 Å². The largest absolute Gasteiger partial charge is 0.481 e. The molecule has 3 aromatic rings. The van der Waals surface area contributed by atoms with Crippen LogP contribution in [0.5, 0.6) is 0 Å². The van der Waals surface area contributed by atoms with Gasteiger partial charge in [0.05, 0.1) is 23.2 Å². The second-order valence-electron chi connectivity index (χ2n) is 9.32. The number of carboxylic acids is 1. The highest BCUT2D eigenvalue weighted by molar-refractivity contribution is 6.31. The van der Waals surface area contributed by atoms with E-state index in [1.165, 1.54) is 0 Å². The number of hydrogen-bond acceptors (Lipinski definition) is 7. The number of amides is 2. The zero-order valence-corrected chi connectivity index (χ0v) is 22.0. The standard InChI is InChI=1S/C27H29ClN4O6/c1-14-21(30-25(33)18-9-4-5-10-19(18)26(34)35)12-13-22(29-14)24-23(15(2)32-38-24)31-27(36)37-16(3)17-8-6-7-11-20(17)28/h6-8,11-13,16,18-19H,4-5,9-10H2,1-3H3,(H,30,33)(H,31,36)(H,34,35)/t16?,18-,19-/m1/s1. The van der Waals surface area contributed by atoms with Gasteiger partial charge in [0.25, 0.3) is 0 Å². The van der Waals surface area contributed by atoms with E-state index in [-0.39, 0.29) is 11.7 Å². The second-order valence-corrected chi connectivity index (χ2v) is 9.73. The number of nitrogens with zero attached hydrogens (tertiary/aromatic N) is 2. The first-order valence-corrected chi connectivity index (χ1v) is 12.7. The van der Waals surface area contributed by atoms with Crippen molar-refractivity contribution in [1.82, 2.24) is 10.1 Å². The van der Waals surface area contributed by atoms with Crippen molar-refractivity contribution in [3.05, 3.63) is 58.4 Å². The zero-order valence-electron chi connectivity index (χ0n) is 21.3. The summed E-state index contributed by atoms with van der Waals surface area (Å²) in [5.74, 6) is -2.34. The normalized spacial score (nSPS) is 17.9. The summed E-state index contributed by atoms with van der Waals surface area (Å²) in [6, 6.07) is 10.4. The van der Waals surface area contributed by atoms with Crippen LogP contribution in [-0.2, 0) is 14.3 Å². The van der Waals surface area contributed by atoms with E-state index in [0.29, 0.717) is 51.9 Å². The molecule has 4 rings (SSSR count). The van der Waals surface area contributed by atoms with Gasteiger partial charge in [0.15, 0.2) is 0 Å². The Labute approximate surface area is 224 Å². The van der Waals surface area contributed by atoms with Gasteiger partial charge in [0, 0.05) is 10.6 Å². The van der Waals surface area contributed by atoms with Gasteiger partial charge in [-0.3, -0.25) is 14.9 Å². The summed E-state index contributed by atoms with van der Waals surface area (Å²) in [5.41, 5.74) is 2.74. The van der Waals surface area contributed by atoms with E-state index in [4.69, 9.17) is 20.9 Å². The molecule has 38 heavy (non-hydrogen) atoms. The summed E-state index contributed by atoms with van der Waals surface area (Å²) in [7, 11) is 0. The maximum absolute atomic E-state index is 12.9. The quantitative estimate of drug-likeness (QED) is 0.324. The number of ether oxygens (including phenoxy) is 1. The number of aliphatic carboxylic acids is 1. The minimum atomic E-state index is -0.949. The molecule has 2 heterocycles. The molecule has 0 spiro atoms. The minimum Gasteiger partial charge on any atom is -0.481 e. The number of carboxylic acid groups (broad SMARTS) is 1. The minimum absolute atomic E-state index is 0.226. The summed E-state index contributed by atoms with van der Waals surface area (Å²) in [5, 5.41) is 19.4. The number of aromatic nitrogens is 2. The Bertz CT molecular complexity index is 1360. The first-order chi connectivity index (χ1) is 18.2. The number of pyridine rings is 1. The van der Waals surface area contributed by atoms with Crippen molar-refractivity contribution in [2.24, 2.45) is 11.8 Å². The van der Waals surface area contributed by atoms with Crippen LogP contribution in [0.1, 0.15) is 55.7 Å². The Kier molecular flexibility index (Phi) is 8.31. The lowest BCUT2D eigenvalue weighted by atomic mass is 9.78. The van der Waals surface area contributed by atoms with Gasteiger partial charge in [-0.05, 0) is 51.8 Å². The Morgan fingerprint density at radius 2 is 1.76 bits per heavy atom. The van der Waals surface area contributed by atoms with Crippen LogP contribution in [0.25, 0.3) is 11.5 Å². The zero-order chi connectivity index (χ0) is 27.4. The Morgan fingerprint density at radius 3 is 2.45 bits per heavy atom. The molecule has 1 aromatic carbocycles. The van der Waals surface area contributed by atoms with Crippen molar-refractivity contribution in [2.45, 2.75) is 52.6 Å². The average molecular weight is 541 g/mol. The molecule has 11 heteroatoms. The Morgan fingerprint density at radius 1 is 1.05 bits per heavy atom. The Balaban J connectivity index is 1.47. The van der Waals surface area contributed by atoms with E-state index in [9.17, 15) is 19.5 Å². The third-order valence-electron chi connectivity index (χ3n) is 6.71. The Hall–Kier alpha value is -3.92. The molecule has 1 aliphatic rings. The number of aryl methyl sites for hydroxylation is 2. The van der Waals surface area contributed by atoms with Crippen molar-refractivity contribution in [2.75, 3.05) is 10.6 Å². The lowest BCUT2D eigenvalue weighted by molar-refractivity contribution is -0.147. The molecule has 1 aliphatic carbocycles. The molecule has 3 N–H and O–H groups in total. The molecule has 200 valence electrons. The van der Waals surface area contributed by atoms with E-state index < -0.39 is 30.0 Å². The molecule has 2 amide bonds. The molecule has 2 aromatic heterocycles. The maximum atomic E-state index is 12.9. The third kappa shape index (κ3) is 5.96. The molecule has 0 saturated heterocycles. The van der Waals surface area contributed by atoms with E-state index in [1.807, 2.05) is 0 Å². The van der Waals surface area contributed by atoms with E-state index in [0.717, 1.165) is 12.8 Å². The molecule has 0 bridgehead atoms. The van der Waals surface area contributed by atoms with Crippen molar-refractivity contribution in [1.29, 1.82) is 0 Å². The maximum Gasteiger partial charge on any atom is 0.412 e. The highest BCUT2D eigenvalue weighted by Gasteiger charge is 2.36. The van der Waals surface area contributed by atoms with E-state index in [1.54, 1.807) is 57.2 Å². The fourth-order valence-corrected chi connectivity index (χ4v) is 4.93. The molecule has 0 radical (unpaired) electrons. The average Bonchev–Trinajstić information content (AvgIpc) is 3.24. The summed E-state index contributed by atoms with van der Waals surface area (Å²) in [6.45, 7) is 5.10. The van der Waals surface area contributed by atoms with Gasteiger partial charge in [0.2, 0.25) is 11.7 Å². The van der Waals surface area contributed by atoms with E-state index in [2.05, 4.69) is 20.8 Å². The lowest BCUT2D eigenvalue weighted by Crippen LogP contribution is -2.36. The number of rotatable bonds is 7. The molecule has 3 atom stereocenters. The SMILES string of the molecule is Cc1nc(-c2onc(C)c2NC(=O)OC(C)c2ccccc2Cl)ccc1NC(=O)[C@@H]1CCCC[C@H]1C(=O)O. The van der Waals surface area contributed by atoms with Crippen LogP contribution < -0.4 is 10.6 Å². The summed E-state index contributed by atoms with van der Waals surface area (Å²) >= 11 is 6.20. The summed E-state index contributed by atoms with van der Waals surface area (Å²) < 4.78 is 10.9. The third-order valence-corrected chi connectivity index (χ3v) is 7.06. The van der Waals surface area contributed by atoms with Crippen LogP contribution in [0.15, 0.2) is 40.9 Å². The van der Waals surface area contributed by atoms with Crippen LogP contribution in [0, 0.1) is 25.7 Å².